The number of aryl methyl sites for hydroxylation is 2. The number of pyridine rings is 1. The third kappa shape index (κ3) is 5.60. The van der Waals surface area contributed by atoms with Crippen molar-refractivity contribution in [1.29, 1.82) is 0 Å². The van der Waals surface area contributed by atoms with Gasteiger partial charge in [-0.1, -0.05) is 29.8 Å². The first-order valence-electron chi connectivity index (χ1n) is 10.7. The van der Waals surface area contributed by atoms with Crippen molar-refractivity contribution in [2.45, 2.75) is 27.4 Å². The minimum absolute atomic E-state index is 0.164. The molecule has 0 aliphatic rings. The second-order valence-corrected chi connectivity index (χ2v) is 8.75. The Morgan fingerprint density at radius 1 is 0.971 bits per heavy atom. The van der Waals surface area contributed by atoms with Crippen molar-refractivity contribution in [2.24, 2.45) is 0 Å². The summed E-state index contributed by atoms with van der Waals surface area (Å²) >= 11 is 9.84. The highest BCUT2D eigenvalue weighted by Crippen LogP contribution is 2.43. The van der Waals surface area contributed by atoms with Crippen LogP contribution in [0.4, 0.5) is 0 Å². The molecule has 0 saturated heterocycles. The van der Waals surface area contributed by atoms with Gasteiger partial charge in [-0.15, -0.1) is 0 Å². The molecule has 0 atom stereocenters. The van der Waals surface area contributed by atoms with Gasteiger partial charge in [0.2, 0.25) is 0 Å². The molecular formula is C26H25BrClNO6. The van der Waals surface area contributed by atoms with E-state index in [1.165, 1.54) is 14.2 Å². The minimum atomic E-state index is -0.622. The molecule has 3 aromatic rings. The van der Waals surface area contributed by atoms with Crippen molar-refractivity contribution in [3.8, 4) is 22.6 Å². The fourth-order valence-corrected chi connectivity index (χ4v) is 4.47. The van der Waals surface area contributed by atoms with Gasteiger partial charge in [-0.3, -0.25) is 4.98 Å². The van der Waals surface area contributed by atoms with Crippen molar-refractivity contribution in [3.63, 3.8) is 0 Å². The number of nitrogens with zero attached hydrogens (tertiary/aromatic N) is 1. The summed E-state index contributed by atoms with van der Waals surface area (Å²) < 4.78 is 22.5. The van der Waals surface area contributed by atoms with E-state index in [1.807, 2.05) is 25.1 Å². The van der Waals surface area contributed by atoms with Crippen LogP contribution in [0.25, 0.3) is 11.1 Å². The van der Waals surface area contributed by atoms with Gasteiger partial charge in [0.15, 0.2) is 11.5 Å². The Morgan fingerprint density at radius 2 is 1.57 bits per heavy atom. The Labute approximate surface area is 217 Å². The van der Waals surface area contributed by atoms with Crippen LogP contribution in [0.15, 0.2) is 40.9 Å². The SMILES string of the molecule is CCOc1cc(-c2c(C(=O)OC)c(C)nc(C)c2C(=O)OC)cc(Br)c1OCc1ccccc1Cl. The van der Waals surface area contributed by atoms with E-state index in [9.17, 15) is 9.59 Å². The normalized spacial score (nSPS) is 10.6. The van der Waals surface area contributed by atoms with Gasteiger partial charge in [0.05, 0.1) is 47.8 Å². The van der Waals surface area contributed by atoms with Crippen molar-refractivity contribution < 1.29 is 28.5 Å². The van der Waals surface area contributed by atoms with Gasteiger partial charge in [0, 0.05) is 16.1 Å². The van der Waals surface area contributed by atoms with E-state index in [1.54, 1.807) is 32.0 Å². The third-order valence-electron chi connectivity index (χ3n) is 5.27. The summed E-state index contributed by atoms with van der Waals surface area (Å²) in [6.45, 7) is 5.79. The number of esters is 2. The largest absolute Gasteiger partial charge is 0.490 e. The second kappa shape index (κ2) is 11.6. The number of halogens is 2. The maximum atomic E-state index is 12.8. The van der Waals surface area contributed by atoms with Crippen LogP contribution < -0.4 is 9.47 Å². The molecule has 35 heavy (non-hydrogen) atoms. The molecule has 0 N–H and O–H groups in total. The van der Waals surface area contributed by atoms with Gasteiger partial charge >= 0.3 is 11.9 Å². The highest BCUT2D eigenvalue weighted by molar-refractivity contribution is 9.10. The van der Waals surface area contributed by atoms with Crippen LogP contribution in [0.3, 0.4) is 0 Å². The van der Waals surface area contributed by atoms with Crippen molar-refractivity contribution in [3.05, 3.63) is 74.0 Å². The average molecular weight is 563 g/mol. The number of ether oxygens (including phenoxy) is 4. The topological polar surface area (TPSA) is 84.0 Å². The molecular weight excluding hydrogens is 538 g/mol. The number of hydrogen-bond acceptors (Lipinski definition) is 7. The molecule has 0 saturated carbocycles. The lowest BCUT2D eigenvalue weighted by Crippen LogP contribution is -2.16. The summed E-state index contributed by atoms with van der Waals surface area (Å²) in [6, 6.07) is 10.8. The fraction of sp³-hybridized carbons (Fsp3) is 0.269. The number of carbonyl (C=O) groups excluding carboxylic acids is 2. The minimum Gasteiger partial charge on any atom is -0.490 e. The number of hydrogen-bond donors (Lipinski definition) is 0. The van der Waals surface area contributed by atoms with Gasteiger partial charge in [-0.2, -0.15) is 0 Å². The smallest absolute Gasteiger partial charge is 0.340 e. The van der Waals surface area contributed by atoms with Crippen LogP contribution in [0, 0.1) is 13.8 Å². The molecule has 1 heterocycles. The molecule has 7 nitrogen and oxygen atoms in total. The van der Waals surface area contributed by atoms with E-state index in [-0.39, 0.29) is 17.7 Å². The molecule has 0 amide bonds. The molecule has 0 aliphatic heterocycles. The molecule has 0 unspecified atom stereocenters. The van der Waals surface area contributed by atoms with Gasteiger partial charge < -0.3 is 18.9 Å². The first-order valence-corrected chi connectivity index (χ1v) is 11.9. The summed E-state index contributed by atoms with van der Waals surface area (Å²) in [5.74, 6) is -0.369. The summed E-state index contributed by atoms with van der Waals surface area (Å²) in [5, 5.41) is 0.589. The average Bonchev–Trinajstić information content (AvgIpc) is 2.83. The zero-order valence-electron chi connectivity index (χ0n) is 20.0. The molecule has 2 aromatic carbocycles. The van der Waals surface area contributed by atoms with Crippen LogP contribution in [0.1, 0.15) is 44.6 Å². The van der Waals surface area contributed by atoms with Gasteiger partial charge in [0.1, 0.15) is 6.61 Å². The Morgan fingerprint density at radius 3 is 2.11 bits per heavy atom. The molecule has 0 bridgehead atoms. The lowest BCUT2D eigenvalue weighted by Gasteiger charge is -2.20. The maximum Gasteiger partial charge on any atom is 0.340 e. The first-order chi connectivity index (χ1) is 16.7. The van der Waals surface area contributed by atoms with E-state index in [0.717, 1.165) is 5.56 Å². The highest BCUT2D eigenvalue weighted by atomic mass is 79.9. The molecule has 1 aromatic heterocycles. The van der Waals surface area contributed by atoms with Crippen LogP contribution in [-0.2, 0) is 16.1 Å². The van der Waals surface area contributed by atoms with Crippen molar-refractivity contribution in [1.82, 2.24) is 4.98 Å². The van der Waals surface area contributed by atoms with Crippen LogP contribution in [-0.4, -0.2) is 37.7 Å². The standard InChI is InChI=1S/C26H25BrClNO6/c1-6-34-20-12-17(11-18(27)24(20)35-13-16-9-7-8-10-19(16)28)23-21(25(30)32-4)14(2)29-15(3)22(23)26(31)33-5/h7-12H,6,13H2,1-5H3. The van der Waals surface area contributed by atoms with E-state index in [0.29, 0.717) is 50.1 Å². The zero-order chi connectivity index (χ0) is 25.7. The third-order valence-corrected chi connectivity index (χ3v) is 6.22. The predicted octanol–water partition coefficient (Wildman–Crippen LogP) is 6.33. The molecule has 9 heteroatoms. The molecule has 0 spiro atoms. The zero-order valence-corrected chi connectivity index (χ0v) is 22.4. The van der Waals surface area contributed by atoms with Crippen molar-refractivity contribution in [2.75, 3.05) is 20.8 Å². The lowest BCUT2D eigenvalue weighted by atomic mass is 9.92. The number of methoxy groups -OCH3 is 2. The molecule has 184 valence electrons. The second-order valence-electron chi connectivity index (χ2n) is 7.49. The molecule has 0 fully saturated rings. The summed E-state index contributed by atoms with van der Waals surface area (Å²) in [6.07, 6.45) is 0. The quantitative estimate of drug-likeness (QED) is 0.297. The van der Waals surface area contributed by atoms with Gasteiger partial charge in [0.25, 0.3) is 0 Å². The maximum absolute atomic E-state index is 12.8. The molecule has 3 rings (SSSR count). The number of aromatic nitrogens is 1. The number of benzene rings is 2. The Hall–Kier alpha value is -3.10. The first kappa shape index (κ1) is 26.5. The summed E-state index contributed by atoms with van der Waals surface area (Å²) in [5.41, 5.74) is 2.85. The monoisotopic (exact) mass is 561 g/mol. The van der Waals surface area contributed by atoms with E-state index in [4.69, 9.17) is 30.5 Å². The summed E-state index contributed by atoms with van der Waals surface area (Å²) in [7, 11) is 2.55. The number of carbonyl (C=O) groups is 2. The van der Waals surface area contributed by atoms with Gasteiger partial charge in [-0.25, -0.2) is 9.59 Å². The highest BCUT2D eigenvalue weighted by Gasteiger charge is 2.28. The van der Waals surface area contributed by atoms with Crippen LogP contribution >= 0.6 is 27.5 Å². The summed E-state index contributed by atoms with van der Waals surface area (Å²) in [4.78, 5) is 29.9. The fourth-order valence-electron chi connectivity index (χ4n) is 3.72. The van der Waals surface area contributed by atoms with Crippen LogP contribution in [0.5, 0.6) is 11.5 Å². The Balaban J connectivity index is 2.22. The van der Waals surface area contributed by atoms with E-state index < -0.39 is 11.9 Å². The molecule has 0 aliphatic carbocycles. The van der Waals surface area contributed by atoms with E-state index >= 15 is 0 Å². The van der Waals surface area contributed by atoms with Crippen LogP contribution in [0.2, 0.25) is 5.02 Å². The Kier molecular flexibility index (Phi) is 8.75. The van der Waals surface area contributed by atoms with E-state index in [2.05, 4.69) is 20.9 Å². The predicted molar refractivity (Wildman–Crippen MR) is 136 cm³/mol. The lowest BCUT2D eigenvalue weighted by molar-refractivity contribution is 0.0599. The Bertz CT molecular complexity index is 1240. The van der Waals surface area contributed by atoms with Crippen molar-refractivity contribution >= 4 is 39.5 Å². The molecule has 0 radical (unpaired) electrons. The number of rotatable bonds is 8. The van der Waals surface area contributed by atoms with Gasteiger partial charge in [-0.05, 0) is 60.5 Å².